The first-order valence-corrected chi connectivity index (χ1v) is 16.4. The Labute approximate surface area is 220 Å². The fraction of sp³-hybridized carbons (Fsp3) is 0.731. The van der Waals surface area contributed by atoms with Gasteiger partial charge >= 0.3 is 6.09 Å². The van der Waals surface area contributed by atoms with E-state index < -0.39 is 19.5 Å². The molecule has 0 N–H and O–H groups in total. The molecule has 0 bridgehead atoms. The predicted molar refractivity (Wildman–Crippen MR) is 148 cm³/mol. The van der Waals surface area contributed by atoms with Crippen molar-refractivity contribution in [2.45, 2.75) is 103 Å². The average Bonchev–Trinajstić information content (AvgIpc) is 3.01. The van der Waals surface area contributed by atoms with Gasteiger partial charge in [0.25, 0.3) is 0 Å². The van der Waals surface area contributed by atoms with Crippen LogP contribution in [0.4, 0.5) is 10.5 Å². The van der Waals surface area contributed by atoms with Crippen LogP contribution in [0.2, 0.25) is 23.2 Å². The van der Waals surface area contributed by atoms with Gasteiger partial charge in [-0.15, -0.1) is 0 Å². The van der Waals surface area contributed by atoms with E-state index in [1.807, 2.05) is 31.7 Å². The SMILES string of the molecule is CC(C)(C)OC(=O)N1C[C@@H](N2CCCc3cc(Cl)cc(Br)c32)C[C@@]1(C)CO[Si](C)(C)C(C)(C)C. The summed E-state index contributed by atoms with van der Waals surface area (Å²) < 4.78 is 13.6. The Hall–Kier alpha value is -0.763. The molecular formula is C26H42BrClN2O3Si. The normalized spacial score (nSPS) is 23.8. The van der Waals surface area contributed by atoms with Crippen LogP contribution in [0.15, 0.2) is 16.6 Å². The number of fused-ring (bicyclic) bond motifs is 1. The highest BCUT2D eigenvalue weighted by Gasteiger charge is 2.50. The standard InChI is InChI=1S/C26H42BrClN2O3Si/c1-24(2,3)33-23(31)30-16-20(15-26(30,7)17-32-34(8,9)25(4,5)6)29-12-10-11-18-13-19(28)14-21(27)22(18)29/h13-14,20H,10-12,15-17H2,1-9H3/t20-,26-/m0/s1. The monoisotopic (exact) mass is 572 g/mol. The third-order valence-corrected chi connectivity index (χ3v) is 12.9. The topological polar surface area (TPSA) is 42.0 Å². The van der Waals surface area contributed by atoms with Gasteiger partial charge in [0.15, 0.2) is 8.32 Å². The molecule has 2 heterocycles. The van der Waals surface area contributed by atoms with E-state index in [0.29, 0.717) is 13.2 Å². The van der Waals surface area contributed by atoms with Gasteiger partial charge in [-0.05, 0) is 98.7 Å². The second-order valence-electron chi connectivity index (χ2n) is 12.7. The van der Waals surface area contributed by atoms with Gasteiger partial charge in [0.2, 0.25) is 0 Å². The van der Waals surface area contributed by atoms with Gasteiger partial charge in [0.05, 0.1) is 17.8 Å². The summed E-state index contributed by atoms with van der Waals surface area (Å²) in [6.07, 6.45) is 2.65. The molecule has 1 amide bonds. The van der Waals surface area contributed by atoms with Crippen molar-refractivity contribution in [1.82, 2.24) is 4.90 Å². The van der Waals surface area contributed by atoms with Crippen LogP contribution in [0.5, 0.6) is 0 Å². The Morgan fingerprint density at radius 2 is 1.88 bits per heavy atom. The number of benzene rings is 1. The van der Waals surface area contributed by atoms with Crippen molar-refractivity contribution in [1.29, 1.82) is 0 Å². The smallest absolute Gasteiger partial charge is 0.410 e. The summed E-state index contributed by atoms with van der Waals surface area (Å²) in [4.78, 5) is 17.8. The number of hydrogen-bond donors (Lipinski definition) is 0. The number of carbonyl (C=O) groups is 1. The first-order chi connectivity index (χ1) is 15.4. The van der Waals surface area contributed by atoms with E-state index in [9.17, 15) is 4.79 Å². The van der Waals surface area contributed by atoms with Gasteiger partial charge in [-0.3, -0.25) is 4.90 Å². The maximum absolute atomic E-state index is 13.4. The number of hydrogen-bond acceptors (Lipinski definition) is 4. The number of nitrogens with zero attached hydrogens (tertiary/aromatic N) is 2. The van der Waals surface area contributed by atoms with Crippen LogP contribution in [-0.4, -0.2) is 56.2 Å². The molecule has 0 aliphatic carbocycles. The van der Waals surface area contributed by atoms with Gasteiger partial charge < -0.3 is 14.1 Å². The van der Waals surface area contributed by atoms with Crippen LogP contribution in [0.3, 0.4) is 0 Å². The summed E-state index contributed by atoms with van der Waals surface area (Å²) in [5.41, 5.74) is 1.48. The fourth-order valence-corrected chi connectivity index (χ4v) is 6.88. The summed E-state index contributed by atoms with van der Waals surface area (Å²) in [7, 11) is -1.98. The van der Waals surface area contributed by atoms with Crippen molar-refractivity contribution in [3.8, 4) is 0 Å². The summed E-state index contributed by atoms with van der Waals surface area (Å²) in [5, 5.41) is 0.857. The molecule has 0 aromatic heterocycles. The molecular weight excluding hydrogens is 532 g/mol. The maximum atomic E-state index is 13.4. The molecule has 1 aromatic carbocycles. The third-order valence-electron chi connectivity index (χ3n) is 7.56. The van der Waals surface area contributed by atoms with Gasteiger partial charge in [-0.2, -0.15) is 0 Å². The first kappa shape index (κ1) is 27.8. The summed E-state index contributed by atoms with van der Waals surface area (Å²) in [6.45, 7) is 21.3. The number of carbonyl (C=O) groups excluding carboxylic acids is 1. The molecule has 0 radical (unpaired) electrons. The van der Waals surface area contributed by atoms with Crippen molar-refractivity contribution in [3.63, 3.8) is 0 Å². The fourth-order valence-electron chi connectivity index (χ4n) is 4.67. The zero-order valence-electron chi connectivity index (χ0n) is 22.3. The lowest BCUT2D eigenvalue weighted by Gasteiger charge is -2.42. The number of ether oxygens (including phenoxy) is 1. The molecule has 0 saturated carbocycles. The van der Waals surface area contributed by atoms with Crippen LogP contribution in [0.25, 0.3) is 0 Å². The molecule has 2 atom stereocenters. The van der Waals surface area contributed by atoms with Crippen molar-refractivity contribution >= 4 is 47.6 Å². The highest BCUT2D eigenvalue weighted by molar-refractivity contribution is 9.10. The van der Waals surface area contributed by atoms with Crippen molar-refractivity contribution < 1.29 is 14.0 Å². The third kappa shape index (κ3) is 5.96. The van der Waals surface area contributed by atoms with Crippen molar-refractivity contribution in [2.75, 3.05) is 24.6 Å². The Morgan fingerprint density at radius 3 is 2.47 bits per heavy atom. The Kier molecular flexibility index (Phi) is 7.86. The van der Waals surface area contributed by atoms with E-state index in [4.69, 9.17) is 20.8 Å². The Morgan fingerprint density at radius 1 is 1.24 bits per heavy atom. The zero-order chi connectivity index (χ0) is 25.7. The summed E-state index contributed by atoms with van der Waals surface area (Å²) in [6, 6.07) is 4.23. The molecule has 0 spiro atoms. The van der Waals surface area contributed by atoms with Crippen LogP contribution in [0, 0.1) is 0 Å². The maximum Gasteiger partial charge on any atom is 0.410 e. The Balaban J connectivity index is 1.92. The lowest BCUT2D eigenvalue weighted by molar-refractivity contribution is 0.00116. The van der Waals surface area contributed by atoms with E-state index >= 15 is 0 Å². The number of amides is 1. The molecule has 34 heavy (non-hydrogen) atoms. The van der Waals surface area contributed by atoms with Gasteiger partial charge in [-0.1, -0.05) is 32.4 Å². The van der Waals surface area contributed by atoms with E-state index in [-0.39, 0.29) is 17.2 Å². The van der Waals surface area contributed by atoms with Gasteiger partial charge in [-0.25, -0.2) is 4.79 Å². The molecule has 1 saturated heterocycles. The lowest BCUT2D eigenvalue weighted by atomic mass is 9.95. The second-order valence-corrected chi connectivity index (χ2v) is 18.8. The summed E-state index contributed by atoms with van der Waals surface area (Å²) in [5.74, 6) is 0. The molecule has 3 rings (SSSR count). The van der Waals surface area contributed by atoms with Gasteiger partial charge in [0, 0.05) is 28.6 Å². The van der Waals surface area contributed by atoms with Crippen molar-refractivity contribution in [2.24, 2.45) is 0 Å². The summed E-state index contributed by atoms with van der Waals surface area (Å²) >= 11 is 10.1. The number of halogens is 2. The largest absolute Gasteiger partial charge is 0.444 e. The number of aryl methyl sites for hydroxylation is 1. The minimum atomic E-state index is -1.98. The molecule has 1 fully saturated rings. The zero-order valence-corrected chi connectivity index (χ0v) is 25.7. The lowest BCUT2D eigenvalue weighted by Crippen LogP contribution is -2.53. The highest BCUT2D eigenvalue weighted by Crippen LogP contribution is 2.44. The molecule has 2 aliphatic rings. The van der Waals surface area contributed by atoms with E-state index in [1.54, 1.807) is 0 Å². The molecule has 5 nitrogen and oxygen atoms in total. The van der Waals surface area contributed by atoms with Gasteiger partial charge in [0.1, 0.15) is 5.60 Å². The number of likely N-dealkylation sites (tertiary alicyclic amines) is 1. The minimum absolute atomic E-state index is 0.105. The molecule has 192 valence electrons. The molecule has 2 aliphatic heterocycles. The molecule has 0 unspecified atom stereocenters. The predicted octanol–water partition coefficient (Wildman–Crippen LogP) is 7.65. The average molecular weight is 574 g/mol. The molecule has 1 aromatic rings. The van der Waals surface area contributed by atoms with Crippen molar-refractivity contribution in [3.05, 3.63) is 27.2 Å². The minimum Gasteiger partial charge on any atom is -0.444 e. The quantitative estimate of drug-likeness (QED) is 0.347. The van der Waals surface area contributed by atoms with Crippen LogP contribution in [0.1, 0.15) is 66.9 Å². The van der Waals surface area contributed by atoms with Crippen LogP contribution in [-0.2, 0) is 15.6 Å². The highest BCUT2D eigenvalue weighted by atomic mass is 79.9. The molecule has 8 heteroatoms. The van der Waals surface area contributed by atoms with Crippen LogP contribution < -0.4 is 4.90 Å². The first-order valence-electron chi connectivity index (χ1n) is 12.3. The second kappa shape index (κ2) is 9.60. The van der Waals surface area contributed by atoms with E-state index in [2.05, 4.69) is 67.7 Å². The van der Waals surface area contributed by atoms with E-state index in [0.717, 1.165) is 35.3 Å². The number of anilines is 1. The van der Waals surface area contributed by atoms with Crippen LogP contribution >= 0.6 is 27.5 Å². The Bertz CT molecular complexity index is 928. The van der Waals surface area contributed by atoms with E-state index in [1.165, 1.54) is 11.3 Å². The number of rotatable bonds is 4.